The zero-order valence-electron chi connectivity index (χ0n) is 18.2. The number of nitrogens with one attached hydrogen (secondary N) is 1. The predicted octanol–water partition coefficient (Wildman–Crippen LogP) is 4.42. The van der Waals surface area contributed by atoms with Gasteiger partial charge in [-0.1, -0.05) is 20.8 Å². The molecule has 6 nitrogen and oxygen atoms in total. The highest BCUT2D eigenvalue weighted by atomic mass is 16.5. The Morgan fingerprint density at radius 3 is 2.62 bits per heavy atom. The highest BCUT2D eigenvalue weighted by molar-refractivity contribution is 5.66. The third kappa shape index (κ3) is 6.88. The van der Waals surface area contributed by atoms with Crippen molar-refractivity contribution in [2.45, 2.75) is 77.9 Å². The number of aliphatic carboxylic acids is 1. The molecule has 29 heavy (non-hydrogen) atoms. The van der Waals surface area contributed by atoms with Crippen molar-refractivity contribution in [2.24, 2.45) is 11.3 Å². The molecule has 1 aliphatic carbocycles. The third-order valence-corrected chi connectivity index (χ3v) is 6.44. The number of carbonyl (C=O) groups is 1. The second-order valence-electron chi connectivity index (χ2n) is 9.76. The van der Waals surface area contributed by atoms with E-state index in [4.69, 9.17) is 9.84 Å². The molecule has 0 aromatic carbocycles. The van der Waals surface area contributed by atoms with Crippen LogP contribution < -0.4 is 10.1 Å². The number of nitrogens with zero attached hydrogens (tertiary/aromatic N) is 2. The maximum absolute atomic E-state index is 10.8. The fourth-order valence-electron chi connectivity index (χ4n) is 4.61. The first-order valence-corrected chi connectivity index (χ1v) is 11.1. The number of hydrogen-bond donors (Lipinski definition) is 2. The van der Waals surface area contributed by atoms with Gasteiger partial charge in [-0.15, -0.1) is 0 Å². The van der Waals surface area contributed by atoms with Crippen molar-refractivity contribution in [1.82, 2.24) is 9.88 Å². The van der Waals surface area contributed by atoms with E-state index >= 15 is 0 Å². The molecule has 2 heterocycles. The van der Waals surface area contributed by atoms with E-state index in [0.29, 0.717) is 24.1 Å². The van der Waals surface area contributed by atoms with Crippen molar-refractivity contribution in [3.63, 3.8) is 0 Å². The first-order valence-electron chi connectivity index (χ1n) is 11.1. The maximum Gasteiger partial charge on any atom is 0.304 e. The Kier molecular flexibility index (Phi) is 7.38. The lowest BCUT2D eigenvalue weighted by molar-refractivity contribution is -0.137. The van der Waals surface area contributed by atoms with E-state index in [1.165, 1.54) is 12.8 Å². The van der Waals surface area contributed by atoms with Crippen LogP contribution in [0.3, 0.4) is 0 Å². The number of aromatic nitrogens is 1. The summed E-state index contributed by atoms with van der Waals surface area (Å²) >= 11 is 0. The molecule has 2 N–H and O–H groups in total. The number of likely N-dealkylation sites (tertiary alicyclic amines) is 1. The Bertz CT molecular complexity index is 648. The Labute approximate surface area is 175 Å². The van der Waals surface area contributed by atoms with Crippen molar-refractivity contribution in [3.05, 3.63) is 18.3 Å². The summed E-state index contributed by atoms with van der Waals surface area (Å²) in [5.74, 6) is 1.77. The number of carboxylic acids is 1. The van der Waals surface area contributed by atoms with Crippen molar-refractivity contribution in [1.29, 1.82) is 0 Å². The number of ether oxygens (including phenoxy) is 1. The van der Waals surface area contributed by atoms with Gasteiger partial charge in [0.25, 0.3) is 0 Å². The smallest absolute Gasteiger partial charge is 0.304 e. The molecule has 1 unspecified atom stereocenters. The Morgan fingerprint density at radius 1 is 1.24 bits per heavy atom. The van der Waals surface area contributed by atoms with Gasteiger partial charge in [-0.05, 0) is 68.5 Å². The van der Waals surface area contributed by atoms with Gasteiger partial charge >= 0.3 is 5.97 Å². The number of pyridine rings is 1. The topological polar surface area (TPSA) is 74.7 Å². The molecule has 3 rings (SSSR count). The fourth-order valence-corrected chi connectivity index (χ4v) is 4.61. The SMILES string of the molecule is CC(C)(C)[C@H]1CC[C@H](Oc2ccc(NC3CCCN(CCC(=O)O)C3)nc2)CC1. The van der Waals surface area contributed by atoms with Crippen LogP contribution in [-0.4, -0.2) is 52.7 Å². The maximum atomic E-state index is 10.8. The zero-order chi connectivity index (χ0) is 20.9. The van der Waals surface area contributed by atoms with Gasteiger partial charge in [0.1, 0.15) is 11.6 Å². The van der Waals surface area contributed by atoms with Crippen LogP contribution >= 0.6 is 0 Å². The van der Waals surface area contributed by atoms with Crippen LogP contribution in [-0.2, 0) is 4.79 Å². The number of hydrogen-bond acceptors (Lipinski definition) is 5. The molecule has 2 fully saturated rings. The summed E-state index contributed by atoms with van der Waals surface area (Å²) in [6.07, 6.45) is 9.21. The van der Waals surface area contributed by atoms with Gasteiger partial charge in [-0.2, -0.15) is 0 Å². The van der Waals surface area contributed by atoms with Crippen LogP contribution in [0.1, 0.15) is 65.7 Å². The molecule has 162 valence electrons. The number of piperidine rings is 1. The van der Waals surface area contributed by atoms with Gasteiger partial charge in [0, 0.05) is 19.1 Å². The molecule has 1 aromatic rings. The van der Waals surface area contributed by atoms with Crippen LogP contribution in [0, 0.1) is 11.3 Å². The van der Waals surface area contributed by atoms with E-state index in [1.807, 2.05) is 18.3 Å². The highest BCUT2D eigenvalue weighted by Crippen LogP contribution is 2.38. The largest absolute Gasteiger partial charge is 0.489 e. The summed E-state index contributed by atoms with van der Waals surface area (Å²) < 4.78 is 6.18. The van der Waals surface area contributed by atoms with E-state index in [9.17, 15) is 4.79 Å². The van der Waals surface area contributed by atoms with E-state index in [0.717, 1.165) is 56.3 Å². The van der Waals surface area contributed by atoms with E-state index < -0.39 is 5.97 Å². The van der Waals surface area contributed by atoms with Crippen molar-refractivity contribution in [3.8, 4) is 5.75 Å². The monoisotopic (exact) mass is 403 g/mol. The van der Waals surface area contributed by atoms with Crippen molar-refractivity contribution in [2.75, 3.05) is 25.0 Å². The number of anilines is 1. The third-order valence-electron chi connectivity index (χ3n) is 6.44. The molecule has 0 bridgehead atoms. The second kappa shape index (κ2) is 9.79. The van der Waals surface area contributed by atoms with Gasteiger partial charge in [0.05, 0.1) is 18.7 Å². The molecule has 2 aliphatic rings. The first kappa shape index (κ1) is 21.9. The van der Waals surface area contributed by atoms with Crippen molar-refractivity contribution >= 4 is 11.8 Å². The van der Waals surface area contributed by atoms with Gasteiger partial charge in [0.15, 0.2) is 0 Å². The normalized spacial score (nSPS) is 26.1. The zero-order valence-corrected chi connectivity index (χ0v) is 18.2. The summed E-state index contributed by atoms with van der Waals surface area (Å²) in [5.41, 5.74) is 0.391. The van der Waals surface area contributed by atoms with E-state index in [-0.39, 0.29) is 6.42 Å². The molecule has 6 heteroatoms. The Hall–Kier alpha value is -1.82. The molecule has 1 aliphatic heterocycles. The average molecular weight is 404 g/mol. The Morgan fingerprint density at radius 2 is 2.00 bits per heavy atom. The van der Waals surface area contributed by atoms with Crippen LogP contribution in [0.25, 0.3) is 0 Å². The van der Waals surface area contributed by atoms with Gasteiger partial charge in [-0.25, -0.2) is 4.98 Å². The minimum atomic E-state index is -0.732. The first-order chi connectivity index (χ1) is 13.8. The average Bonchev–Trinajstić information content (AvgIpc) is 2.68. The number of rotatable bonds is 7. The molecule has 0 radical (unpaired) electrons. The lowest BCUT2D eigenvalue weighted by Crippen LogP contribution is -2.42. The van der Waals surface area contributed by atoms with Crippen LogP contribution in [0.2, 0.25) is 0 Å². The highest BCUT2D eigenvalue weighted by Gasteiger charge is 2.30. The molecule has 1 saturated carbocycles. The van der Waals surface area contributed by atoms with E-state index in [1.54, 1.807) is 0 Å². The molecular weight excluding hydrogens is 366 g/mol. The fraction of sp³-hybridized carbons (Fsp3) is 0.739. The number of carboxylic acid groups (broad SMARTS) is 1. The van der Waals surface area contributed by atoms with Gasteiger partial charge in [0.2, 0.25) is 0 Å². The lowest BCUT2D eigenvalue weighted by Gasteiger charge is -2.36. The molecule has 1 aromatic heterocycles. The van der Waals surface area contributed by atoms with E-state index in [2.05, 4.69) is 36.0 Å². The quantitative estimate of drug-likeness (QED) is 0.702. The molecular formula is C23H37N3O3. The molecule has 1 saturated heterocycles. The predicted molar refractivity (Wildman–Crippen MR) is 115 cm³/mol. The minimum absolute atomic E-state index is 0.203. The lowest BCUT2D eigenvalue weighted by atomic mass is 9.72. The van der Waals surface area contributed by atoms with Crippen LogP contribution in [0.15, 0.2) is 18.3 Å². The molecule has 0 amide bonds. The molecule has 0 spiro atoms. The second-order valence-corrected chi connectivity index (χ2v) is 9.76. The van der Waals surface area contributed by atoms with Crippen LogP contribution in [0.4, 0.5) is 5.82 Å². The summed E-state index contributed by atoms with van der Waals surface area (Å²) in [6.45, 7) is 9.48. The van der Waals surface area contributed by atoms with Crippen molar-refractivity contribution < 1.29 is 14.6 Å². The van der Waals surface area contributed by atoms with Gasteiger partial charge in [-0.3, -0.25) is 4.79 Å². The van der Waals surface area contributed by atoms with Gasteiger partial charge < -0.3 is 20.1 Å². The summed E-state index contributed by atoms with van der Waals surface area (Å²) in [5, 5.41) is 12.4. The standard InChI is InChI=1S/C23H37N3O3/c1-23(2,3)17-6-8-19(9-7-17)29-20-10-11-21(24-15-20)25-18-5-4-13-26(16-18)14-12-22(27)28/h10-11,15,17-19H,4-9,12-14,16H2,1-3H3,(H,24,25)(H,27,28)/t17-,18?,19-. The van der Waals surface area contributed by atoms with Crippen LogP contribution in [0.5, 0.6) is 5.75 Å². The minimum Gasteiger partial charge on any atom is -0.489 e. The summed E-state index contributed by atoms with van der Waals surface area (Å²) in [7, 11) is 0. The summed E-state index contributed by atoms with van der Waals surface area (Å²) in [4.78, 5) is 17.6. The molecule has 1 atom stereocenters. The summed E-state index contributed by atoms with van der Waals surface area (Å²) in [6, 6.07) is 4.31. The Balaban J connectivity index is 1.44.